The second-order valence-corrected chi connectivity index (χ2v) is 7.39. The Bertz CT molecular complexity index is 843. The van der Waals surface area contributed by atoms with Crippen LogP contribution in [0.15, 0.2) is 48.7 Å². The molecule has 2 atom stereocenters. The summed E-state index contributed by atoms with van der Waals surface area (Å²) in [7, 11) is 0. The summed E-state index contributed by atoms with van der Waals surface area (Å²) in [6.45, 7) is 4.59. The number of ether oxygens (including phenoxy) is 1. The van der Waals surface area contributed by atoms with Gasteiger partial charge in [0.15, 0.2) is 0 Å². The Morgan fingerprint density at radius 3 is 2.82 bits per heavy atom. The SMILES string of the molecule is CC(NC(=O)N1CCC(C)(C(=O)O)C1)c1cccc(OCc2ccccn2)c1. The second-order valence-electron chi connectivity index (χ2n) is 7.39. The van der Waals surface area contributed by atoms with Crippen molar-refractivity contribution in [2.24, 2.45) is 5.41 Å². The normalized spacial score (nSPS) is 19.9. The monoisotopic (exact) mass is 383 g/mol. The quantitative estimate of drug-likeness (QED) is 0.799. The van der Waals surface area contributed by atoms with Crippen molar-refractivity contribution < 1.29 is 19.4 Å². The van der Waals surface area contributed by atoms with Gasteiger partial charge >= 0.3 is 12.0 Å². The van der Waals surface area contributed by atoms with Crippen molar-refractivity contribution in [2.45, 2.75) is 32.9 Å². The number of hydrogen-bond donors (Lipinski definition) is 2. The van der Waals surface area contributed by atoms with E-state index >= 15 is 0 Å². The highest BCUT2D eigenvalue weighted by molar-refractivity contribution is 5.79. The van der Waals surface area contributed by atoms with Crippen molar-refractivity contribution in [3.05, 3.63) is 59.9 Å². The Morgan fingerprint density at radius 2 is 2.14 bits per heavy atom. The van der Waals surface area contributed by atoms with Gasteiger partial charge in [0.05, 0.1) is 17.2 Å². The molecule has 1 aliphatic heterocycles. The lowest BCUT2D eigenvalue weighted by Crippen LogP contribution is -2.41. The maximum Gasteiger partial charge on any atom is 0.317 e. The molecule has 0 radical (unpaired) electrons. The van der Waals surface area contributed by atoms with Crippen LogP contribution in [0.25, 0.3) is 0 Å². The summed E-state index contributed by atoms with van der Waals surface area (Å²) in [5.74, 6) is -0.169. The molecule has 2 N–H and O–H groups in total. The van der Waals surface area contributed by atoms with E-state index in [1.165, 1.54) is 0 Å². The van der Waals surface area contributed by atoms with Crippen LogP contribution in [0.1, 0.15) is 37.6 Å². The minimum absolute atomic E-state index is 0.216. The number of urea groups is 1. The molecule has 7 nitrogen and oxygen atoms in total. The summed E-state index contributed by atoms with van der Waals surface area (Å²) in [5.41, 5.74) is 0.872. The number of nitrogens with one attached hydrogen (secondary N) is 1. The summed E-state index contributed by atoms with van der Waals surface area (Å²) in [6, 6.07) is 12.7. The molecular weight excluding hydrogens is 358 g/mol. The number of hydrogen-bond acceptors (Lipinski definition) is 4. The molecule has 3 rings (SSSR count). The first-order valence-corrected chi connectivity index (χ1v) is 9.29. The molecule has 0 bridgehead atoms. The van der Waals surface area contributed by atoms with E-state index in [9.17, 15) is 14.7 Å². The Hall–Kier alpha value is -3.09. The van der Waals surface area contributed by atoms with Crippen LogP contribution < -0.4 is 10.1 Å². The van der Waals surface area contributed by atoms with Gasteiger partial charge in [-0.1, -0.05) is 18.2 Å². The molecule has 7 heteroatoms. The number of pyridine rings is 1. The van der Waals surface area contributed by atoms with Crippen LogP contribution in [0.2, 0.25) is 0 Å². The Morgan fingerprint density at radius 1 is 1.32 bits per heavy atom. The molecule has 0 aliphatic carbocycles. The van der Waals surface area contributed by atoms with E-state index in [0.29, 0.717) is 25.3 Å². The van der Waals surface area contributed by atoms with Crippen molar-refractivity contribution in [3.8, 4) is 5.75 Å². The predicted octanol–water partition coefficient (Wildman–Crippen LogP) is 3.23. The first-order valence-electron chi connectivity index (χ1n) is 9.29. The second kappa shape index (κ2) is 8.29. The number of likely N-dealkylation sites (tertiary alicyclic amines) is 1. The molecule has 1 aromatic heterocycles. The van der Waals surface area contributed by atoms with Gasteiger partial charge in [0.1, 0.15) is 12.4 Å². The summed E-state index contributed by atoms with van der Waals surface area (Å²) in [4.78, 5) is 29.7. The number of benzene rings is 1. The number of aliphatic carboxylic acids is 1. The zero-order chi connectivity index (χ0) is 20.1. The number of aromatic nitrogens is 1. The summed E-state index contributed by atoms with van der Waals surface area (Å²) in [5, 5.41) is 12.3. The smallest absolute Gasteiger partial charge is 0.317 e. The van der Waals surface area contributed by atoms with E-state index in [1.54, 1.807) is 18.0 Å². The van der Waals surface area contributed by atoms with Gasteiger partial charge in [-0.2, -0.15) is 0 Å². The summed E-state index contributed by atoms with van der Waals surface area (Å²) >= 11 is 0. The Kier molecular flexibility index (Phi) is 5.82. The van der Waals surface area contributed by atoms with Crippen molar-refractivity contribution >= 4 is 12.0 Å². The third kappa shape index (κ3) is 4.60. The number of rotatable bonds is 6. The fourth-order valence-electron chi connectivity index (χ4n) is 3.18. The molecule has 2 aromatic rings. The predicted molar refractivity (Wildman–Crippen MR) is 104 cm³/mol. The van der Waals surface area contributed by atoms with Crippen molar-refractivity contribution in [1.82, 2.24) is 15.2 Å². The molecule has 1 aromatic carbocycles. The minimum atomic E-state index is -0.875. The Labute approximate surface area is 164 Å². The molecule has 2 heterocycles. The van der Waals surface area contributed by atoms with Crippen LogP contribution in [0, 0.1) is 5.41 Å². The number of carbonyl (C=O) groups excluding carboxylic acids is 1. The van der Waals surface area contributed by atoms with Crippen LogP contribution in [-0.2, 0) is 11.4 Å². The van der Waals surface area contributed by atoms with E-state index in [0.717, 1.165) is 11.3 Å². The Balaban J connectivity index is 1.58. The highest BCUT2D eigenvalue weighted by Crippen LogP contribution is 2.30. The van der Waals surface area contributed by atoms with Gasteiger partial charge in [-0.15, -0.1) is 0 Å². The molecule has 2 unspecified atom stereocenters. The molecule has 0 spiro atoms. The van der Waals surface area contributed by atoms with Crippen LogP contribution in [0.4, 0.5) is 4.79 Å². The molecule has 148 valence electrons. The summed E-state index contributed by atoms with van der Waals surface area (Å²) < 4.78 is 5.79. The van der Waals surface area contributed by atoms with Crippen LogP contribution in [0.5, 0.6) is 5.75 Å². The highest BCUT2D eigenvalue weighted by Gasteiger charge is 2.42. The molecular formula is C21H25N3O4. The van der Waals surface area contributed by atoms with E-state index in [4.69, 9.17) is 4.74 Å². The zero-order valence-corrected chi connectivity index (χ0v) is 16.1. The first-order chi connectivity index (χ1) is 13.4. The first kappa shape index (κ1) is 19.7. The molecule has 1 aliphatic rings. The van der Waals surface area contributed by atoms with Crippen LogP contribution in [-0.4, -0.2) is 40.1 Å². The third-order valence-electron chi connectivity index (χ3n) is 5.09. The van der Waals surface area contributed by atoms with Gasteiger partial charge in [0.2, 0.25) is 0 Å². The molecule has 1 saturated heterocycles. The zero-order valence-electron chi connectivity index (χ0n) is 16.1. The van der Waals surface area contributed by atoms with Crippen molar-refractivity contribution in [1.29, 1.82) is 0 Å². The largest absolute Gasteiger partial charge is 0.487 e. The molecule has 0 saturated carbocycles. The van der Waals surface area contributed by atoms with E-state index < -0.39 is 11.4 Å². The van der Waals surface area contributed by atoms with E-state index in [1.807, 2.05) is 49.4 Å². The number of carbonyl (C=O) groups is 2. The van der Waals surface area contributed by atoms with Gasteiger partial charge in [0, 0.05) is 19.3 Å². The highest BCUT2D eigenvalue weighted by atomic mass is 16.5. The average Bonchev–Trinajstić information content (AvgIpc) is 3.11. The van der Waals surface area contributed by atoms with Crippen LogP contribution >= 0.6 is 0 Å². The van der Waals surface area contributed by atoms with Crippen molar-refractivity contribution in [3.63, 3.8) is 0 Å². The molecule has 28 heavy (non-hydrogen) atoms. The lowest BCUT2D eigenvalue weighted by Gasteiger charge is -2.23. The number of carboxylic acids is 1. The number of amides is 2. The average molecular weight is 383 g/mol. The molecule has 2 amide bonds. The lowest BCUT2D eigenvalue weighted by molar-refractivity contribution is -0.147. The topological polar surface area (TPSA) is 91.8 Å². The van der Waals surface area contributed by atoms with Gasteiger partial charge in [-0.25, -0.2) is 4.79 Å². The van der Waals surface area contributed by atoms with Gasteiger partial charge in [0.25, 0.3) is 0 Å². The maximum atomic E-state index is 12.5. The lowest BCUT2D eigenvalue weighted by atomic mass is 9.90. The van der Waals surface area contributed by atoms with Crippen molar-refractivity contribution in [2.75, 3.05) is 13.1 Å². The number of carboxylic acid groups (broad SMARTS) is 1. The summed E-state index contributed by atoms with van der Waals surface area (Å²) in [6.07, 6.45) is 2.18. The van der Waals surface area contributed by atoms with Crippen LogP contribution in [0.3, 0.4) is 0 Å². The van der Waals surface area contributed by atoms with Gasteiger partial charge in [-0.3, -0.25) is 9.78 Å². The maximum absolute atomic E-state index is 12.5. The fraction of sp³-hybridized carbons (Fsp3) is 0.381. The fourth-order valence-corrected chi connectivity index (χ4v) is 3.18. The minimum Gasteiger partial charge on any atom is -0.487 e. The number of nitrogens with zero attached hydrogens (tertiary/aromatic N) is 2. The van der Waals surface area contributed by atoms with E-state index in [2.05, 4.69) is 10.3 Å². The third-order valence-corrected chi connectivity index (χ3v) is 5.09. The standard InChI is InChI=1S/C21H25N3O4/c1-15(23-20(27)24-11-9-21(2,14-24)19(25)26)16-6-5-8-18(12-16)28-13-17-7-3-4-10-22-17/h3-8,10,12,15H,9,11,13-14H2,1-2H3,(H,23,27)(H,25,26). The van der Waals surface area contributed by atoms with Gasteiger partial charge < -0.3 is 20.1 Å². The molecule has 1 fully saturated rings. The van der Waals surface area contributed by atoms with E-state index in [-0.39, 0.29) is 18.6 Å². The van der Waals surface area contributed by atoms with Gasteiger partial charge in [-0.05, 0) is 50.1 Å².